The summed E-state index contributed by atoms with van der Waals surface area (Å²) in [5, 5.41) is 4.44. The summed E-state index contributed by atoms with van der Waals surface area (Å²) in [5.41, 5.74) is 1.45. The predicted octanol–water partition coefficient (Wildman–Crippen LogP) is 3.31. The second-order valence-electron chi connectivity index (χ2n) is 7.43. The zero-order valence-electron chi connectivity index (χ0n) is 14.4. The van der Waals surface area contributed by atoms with Crippen molar-refractivity contribution in [1.29, 1.82) is 0 Å². The number of fused-ring (bicyclic) bond motifs is 1. The highest BCUT2D eigenvalue weighted by molar-refractivity contribution is 7.07. The Morgan fingerprint density at radius 2 is 2.04 bits per heavy atom. The Morgan fingerprint density at radius 1 is 1.12 bits per heavy atom. The monoisotopic (exact) mass is 351 g/mol. The Morgan fingerprint density at radius 3 is 2.88 bits per heavy atom. The van der Waals surface area contributed by atoms with Crippen LogP contribution < -0.4 is 0 Å². The molecule has 3 fully saturated rings. The van der Waals surface area contributed by atoms with Crippen LogP contribution in [-0.2, 0) is 20.8 Å². The van der Waals surface area contributed by atoms with Gasteiger partial charge in [0.05, 0.1) is 18.8 Å². The Bertz CT molecular complexity index is 489. The van der Waals surface area contributed by atoms with E-state index in [9.17, 15) is 0 Å². The van der Waals surface area contributed by atoms with Crippen molar-refractivity contribution in [3.63, 3.8) is 0 Å². The van der Waals surface area contributed by atoms with Gasteiger partial charge in [-0.05, 0) is 60.4 Å². The average molecular weight is 352 g/mol. The summed E-state index contributed by atoms with van der Waals surface area (Å²) >= 11 is 1.79. The van der Waals surface area contributed by atoms with E-state index in [0.717, 1.165) is 52.2 Å². The zero-order valence-corrected chi connectivity index (χ0v) is 15.2. The zero-order chi connectivity index (χ0) is 16.2. The summed E-state index contributed by atoms with van der Waals surface area (Å²) in [5.74, 6) is 0.683. The van der Waals surface area contributed by atoms with Gasteiger partial charge in [0.2, 0.25) is 0 Å². The Balaban J connectivity index is 1.19. The van der Waals surface area contributed by atoms with Gasteiger partial charge >= 0.3 is 0 Å². The van der Waals surface area contributed by atoms with E-state index in [1.807, 2.05) is 0 Å². The molecule has 3 aliphatic heterocycles. The van der Waals surface area contributed by atoms with Crippen LogP contribution in [0.2, 0.25) is 0 Å². The van der Waals surface area contributed by atoms with Gasteiger partial charge in [-0.15, -0.1) is 0 Å². The molecule has 1 aromatic heterocycles. The number of hydrogen-bond acceptors (Lipinski definition) is 5. The van der Waals surface area contributed by atoms with Gasteiger partial charge in [0.25, 0.3) is 0 Å². The third-order valence-electron chi connectivity index (χ3n) is 5.71. The number of rotatable bonds is 6. The number of nitrogens with zero attached hydrogens (tertiary/aromatic N) is 1. The molecular weight excluding hydrogens is 322 g/mol. The third kappa shape index (κ3) is 4.20. The molecule has 0 aliphatic carbocycles. The first-order chi connectivity index (χ1) is 11.9. The molecule has 4 heterocycles. The highest BCUT2D eigenvalue weighted by atomic mass is 32.1. The van der Waals surface area contributed by atoms with E-state index < -0.39 is 0 Å². The Labute approximate surface area is 149 Å². The van der Waals surface area contributed by atoms with Crippen molar-refractivity contribution in [2.75, 3.05) is 33.0 Å². The van der Waals surface area contributed by atoms with E-state index >= 15 is 0 Å². The van der Waals surface area contributed by atoms with E-state index in [0.29, 0.717) is 24.2 Å². The second-order valence-corrected chi connectivity index (χ2v) is 8.21. The van der Waals surface area contributed by atoms with Gasteiger partial charge in [-0.3, -0.25) is 4.90 Å². The molecule has 24 heavy (non-hydrogen) atoms. The number of ether oxygens (including phenoxy) is 3. The van der Waals surface area contributed by atoms with Crippen LogP contribution in [0.4, 0.5) is 0 Å². The molecule has 0 saturated carbocycles. The molecule has 0 bridgehead atoms. The molecule has 1 aromatic rings. The minimum Gasteiger partial charge on any atom is -0.381 e. The molecule has 0 N–H and O–H groups in total. The maximum absolute atomic E-state index is 6.36. The van der Waals surface area contributed by atoms with Crippen LogP contribution in [0.1, 0.15) is 37.7 Å². The molecule has 0 radical (unpaired) electrons. The summed E-state index contributed by atoms with van der Waals surface area (Å²) in [4.78, 5) is 2.62. The van der Waals surface area contributed by atoms with Crippen LogP contribution in [0, 0.1) is 5.92 Å². The molecule has 5 heteroatoms. The van der Waals surface area contributed by atoms with Crippen molar-refractivity contribution >= 4 is 11.3 Å². The quantitative estimate of drug-likeness (QED) is 0.787. The molecular formula is C19H29NO3S. The number of thiophene rings is 1. The molecule has 3 atom stereocenters. The average Bonchev–Trinajstić information content (AvgIpc) is 3.26. The summed E-state index contributed by atoms with van der Waals surface area (Å²) in [6.45, 7) is 5.70. The summed E-state index contributed by atoms with van der Waals surface area (Å²) < 4.78 is 17.7. The van der Waals surface area contributed by atoms with Crippen LogP contribution in [0.25, 0.3) is 0 Å². The van der Waals surface area contributed by atoms with Crippen molar-refractivity contribution in [3.05, 3.63) is 22.4 Å². The van der Waals surface area contributed by atoms with Gasteiger partial charge < -0.3 is 14.2 Å². The molecule has 4 nitrogen and oxygen atoms in total. The van der Waals surface area contributed by atoms with E-state index in [2.05, 4.69) is 21.7 Å². The maximum Gasteiger partial charge on any atom is 0.0813 e. The molecule has 4 rings (SSSR count). The number of hydrogen-bond donors (Lipinski definition) is 0. The number of likely N-dealkylation sites (tertiary alicyclic amines) is 1. The smallest absolute Gasteiger partial charge is 0.0813 e. The summed E-state index contributed by atoms with van der Waals surface area (Å²) in [6.07, 6.45) is 6.56. The molecule has 0 unspecified atom stereocenters. The second kappa shape index (κ2) is 8.28. The van der Waals surface area contributed by atoms with E-state index in [-0.39, 0.29) is 0 Å². The minimum absolute atomic E-state index is 0.298. The molecule has 3 saturated heterocycles. The van der Waals surface area contributed by atoms with Gasteiger partial charge in [-0.2, -0.15) is 11.3 Å². The topological polar surface area (TPSA) is 30.9 Å². The molecule has 134 valence electrons. The highest BCUT2D eigenvalue weighted by Crippen LogP contribution is 2.32. The van der Waals surface area contributed by atoms with Crippen molar-refractivity contribution in [2.24, 2.45) is 5.92 Å². The van der Waals surface area contributed by atoms with Crippen molar-refractivity contribution in [2.45, 2.75) is 56.9 Å². The molecule has 0 amide bonds. The fourth-order valence-corrected chi connectivity index (χ4v) is 4.96. The fourth-order valence-electron chi connectivity index (χ4n) is 4.30. The predicted molar refractivity (Wildman–Crippen MR) is 95.4 cm³/mol. The molecule has 0 aromatic carbocycles. The summed E-state index contributed by atoms with van der Waals surface area (Å²) in [7, 11) is 0. The standard InChI is InChI=1S/C19H29NO3S/c1-2-18-19(3-7-20(18)11-16-6-10-24-14-16)23-17(1)13-22-12-15-4-8-21-9-5-15/h6,10,14-15,17-19H,1-5,7-9,11-13H2/t17-,18-,19-/m0/s1. The minimum atomic E-state index is 0.298. The largest absolute Gasteiger partial charge is 0.381 e. The first-order valence-electron chi connectivity index (χ1n) is 9.44. The van der Waals surface area contributed by atoms with Gasteiger partial charge in [-0.1, -0.05) is 0 Å². The molecule has 0 spiro atoms. The lowest BCUT2D eigenvalue weighted by Gasteiger charge is -2.36. The lowest BCUT2D eigenvalue weighted by molar-refractivity contribution is -0.105. The van der Waals surface area contributed by atoms with Crippen molar-refractivity contribution in [1.82, 2.24) is 4.90 Å². The fraction of sp³-hybridized carbons (Fsp3) is 0.789. The van der Waals surface area contributed by atoms with E-state index in [1.54, 1.807) is 11.3 Å². The van der Waals surface area contributed by atoms with Crippen LogP contribution in [0.3, 0.4) is 0 Å². The van der Waals surface area contributed by atoms with Crippen LogP contribution >= 0.6 is 11.3 Å². The Kier molecular flexibility index (Phi) is 5.86. The SMILES string of the molecule is c1cc(CN2CC[C@@H]3O[C@H](COCC4CCOCC4)CC[C@@H]32)cs1. The van der Waals surface area contributed by atoms with Crippen LogP contribution in [0.5, 0.6) is 0 Å². The first kappa shape index (κ1) is 17.0. The first-order valence-corrected chi connectivity index (χ1v) is 10.4. The lowest BCUT2D eigenvalue weighted by atomic mass is 9.99. The van der Waals surface area contributed by atoms with Gasteiger partial charge in [0.15, 0.2) is 0 Å². The van der Waals surface area contributed by atoms with E-state index in [1.165, 1.54) is 24.9 Å². The maximum atomic E-state index is 6.36. The van der Waals surface area contributed by atoms with Crippen LogP contribution in [0.15, 0.2) is 16.8 Å². The van der Waals surface area contributed by atoms with Gasteiger partial charge in [-0.25, -0.2) is 0 Å². The van der Waals surface area contributed by atoms with Gasteiger partial charge in [0, 0.05) is 39.0 Å². The van der Waals surface area contributed by atoms with Gasteiger partial charge in [0.1, 0.15) is 0 Å². The normalized spacial score (nSPS) is 32.1. The van der Waals surface area contributed by atoms with Crippen LogP contribution in [-0.4, -0.2) is 56.1 Å². The third-order valence-corrected chi connectivity index (χ3v) is 6.45. The van der Waals surface area contributed by atoms with Crippen molar-refractivity contribution < 1.29 is 14.2 Å². The van der Waals surface area contributed by atoms with Crippen molar-refractivity contribution in [3.8, 4) is 0 Å². The molecule has 3 aliphatic rings. The highest BCUT2D eigenvalue weighted by Gasteiger charge is 2.39. The Hall–Kier alpha value is -0.460. The van der Waals surface area contributed by atoms with E-state index in [4.69, 9.17) is 14.2 Å². The lowest BCUT2D eigenvalue weighted by Crippen LogP contribution is -2.43. The summed E-state index contributed by atoms with van der Waals surface area (Å²) in [6, 6.07) is 2.85.